The van der Waals surface area contributed by atoms with Crippen LogP contribution in [0.4, 0.5) is 11.4 Å². The quantitative estimate of drug-likeness (QED) is 0.302. The number of ether oxygens (including phenoxy) is 3. The Balaban J connectivity index is 1.57. The number of methoxy groups -OCH3 is 3. The second kappa shape index (κ2) is 10.8. The lowest BCUT2D eigenvalue weighted by molar-refractivity contribution is 0.394. The van der Waals surface area contributed by atoms with Crippen LogP contribution in [0.1, 0.15) is 5.69 Å². The summed E-state index contributed by atoms with van der Waals surface area (Å²) in [6.07, 6.45) is 6.86. The summed E-state index contributed by atoms with van der Waals surface area (Å²) in [6, 6.07) is 13.3. The van der Waals surface area contributed by atoms with Crippen molar-refractivity contribution >= 4 is 22.4 Å². The molecule has 0 saturated heterocycles. The summed E-state index contributed by atoms with van der Waals surface area (Å²) in [5, 5.41) is 4.25. The van der Waals surface area contributed by atoms with Crippen LogP contribution >= 0.6 is 0 Å². The van der Waals surface area contributed by atoms with Crippen LogP contribution in [0.15, 0.2) is 67.4 Å². The van der Waals surface area contributed by atoms with Gasteiger partial charge in [-0.1, -0.05) is 5.92 Å². The Morgan fingerprint density at radius 1 is 0.842 bits per heavy atom. The largest absolute Gasteiger partial charge is 0.497 e. The van der Waals surface area contributed by atoms with E-state index in [1.54, 1.807) is 44.5 Å². The third-order valence-electron chi connectivity index (χ3n) is 5.79. The van der Waals surface area contributed by atoms with Crippen molar-refractivity contribution in [1.82, 2.24) is 29.7 Å². The summed E-state index contributed by atoms with van der Waals surface area (Å²) >= 11 is 0. The second-order valence-corrected chi connectivity index (χ2v) is 8.24. The lowest BCUT2D eigenvalue weighted by Gasteiger charge is -2.24. The number of rotatable bonds is 7. The molecule has 0 aliphatic carbocycles. The Kier molecular flexibility index (Phi) is 6.99. The molecular weight excluding hydrogens is 482 g/mol. The number of anilines is 2. The van der Waals surface area contributed by atoms with E-state index in [2.05, 4.69) is 31.9 Å². The number of fused-ring (bicyclic) bond motifs is 1. The summed E-state index contributed by atoms with van der Waals surface area (Å²) in [7, 11) is 6.67. The Labute approximate surface area is 219 Å². The van der Waals surface area contributed by atoms with E-state index in [-0.39, 0.29) is 0 Å². The minimum Gasteiger partial charge on any atom is -0.497 e. The molecule has 0 N–H and O–H groups in total. The number of hydrogen-bond donors (Lipinski definition) is 0. The third kappa shape index (κ3) is 5.32. The van der Waals surface area contributed by atoms with Crippen molar-refractivity contribution in [3.8, 4) is 40.5 Å². The van der Waals surface area contributed by atoms with Crippen molar-refractivity contribution in [2.75, 3.05) is 32.8 Å². The topological polar surface area (TPSA) is 100 Å². The molecule has 0 radical (unpaired) electrons. The normalized spacial score (nSPS) is 10.5. The molecule has 0 fully saturated rings. The van der Waals surface area contributed by atoms with Gasteiger partial charge in [0.05, 0.1) is 57.0 Å². The maximum absolute atomic E-state index is 5.52. The molecule has 5 rings (SSSR count). The van der Waals surface area contributed by atoms with Gasteiger partial charge in [0.15, 0.2) is 0 Å². The summed E-state index contributed by atoms with van der Waals surface area (Å²) in [6.45, 7) is 0.351. The lowest BCUT2D eigenvalue weighted by Crippen LogP contribution is -2.17. The molecule has 0 saturated carbocycles. The molecule has 0 atom stereocenters. The van der Waals surface area contributed by atoms with E-state index < -0.39 is 0 Å². The zero-order valence-electron chi connectivity index (χ0n) is 21.4. The van der Waals surface area contributed by atoms with Crippen LogP contribution in [0.25, 0.3) is 22.3 Å². The van der Waals surface area contributed by atoms with Crippen LogP contribution in [-0.2, 0) is 7.05 Å². The number of aromatic nitrogens is 6. The molecule has 0 spiro atoms. The third-order valence-corrected chi connectivity index (χ3v) is 5.79. The van der Waals surface area contributed by atoms with Crippen LogP contribution in [0, 0.1) is 11.8 Å². The van der Waals surface area contributed by atoms with Gasteiger partial charge in [0.25, 0.3) is 0 Å². The summed E-state index contributed by atoms with van der Waals surface area (Å²) in [5.41, 5.74) is 5.45. The number of benzene rings is 2. The van der Waals surface area contributed by atoms with E-state index in [0.29, 0.717) is 29.6 Å². The Hall–Kier alpha value is -5.17. The molecule has 0 amide bonds. The van der Waals surface area contributed by atoms with Gasteiger partial charge >= 0.3 is 0 Å². The van der Waals surface area contributed by atoms with E-state index in [1.165, 1.54) is 6.33 Å². The summed E-state index contributed by atoms with van der Waals surface area (Å²) < 4.78 is 17.9. The van der Waals surface area contributed by atoms with Gasteiger partial charge in [-0.3, -0.25) is 9.67 Å². The van der Waals surface area contributed by atoms with E-state index >= 15 is 0 Å². The molecule has 3 aromatic heterocycles. The maximum atomic E-state index is 5.52. The molecule has 10 heteroatoms. The first kappa shape index (κ1) is 24.5. The maximum Gasteiger partial charge on any atom is 0.217 e. The number of aryl methyl sites for hydroxylation is 1. The molecule has 0 aliphatic rings. The van der Waals surface area contributed by atoms with E-state index in [1.807, 2.05) is 54.5 Å². The molecule has 5 aromatic rings. The molecule has 190 valence electrons. The van der Waals surface area contributed by atoms with Gasteiger partial charge in [0.1, 0.15) is 23.5 Å². The van der Waals surface area contributed by atoms with Crippen molar-refractivity contribution in [2.24, 2.45) is 7.05 Å². The minimum absolute atomic E-state index is 0.351. The fourth-order valence-corrected chi connectivity index (χ4v) is 3.87. The highest BCUT2D eigenvalue weighted by molar-refractivity contribution is 5.83. The molecule has 38 heavy (non-hydrogen) atoms. The molecule has 2 aromatic carbocycles. The van der Waals surface area contributed by atoms with Crippen LogP contribution in [0.2, 0.25) is 0 Å². The Bertz CT molecular complexity index is 1630. The predicted molar refractivity (Wildman–Crippen MR) is 144 cm³/mol. The fraction of sp³-hybridized carbons (Fsp3) is 0.179. The highest BCUT2D eigenvalue weighted by Gasteiger charge is 2.14. The summed E-state index contributed by atoms with van der Waals surface area (Å²) in [5.74, 6) is 8.09. The first-order chi connectivity index (χ1) is 18.6. The first-order valence-corrected chi connectivity index (χ1v) is 11.7. The van der Waals surface area contributed by atoms with E-state index in [0.717, 1.165) is 33.7 Å². The molecule has 0 bridgehead atoms. The lowest BCUT2D eigenvalue weighted by atomic mass is 10.2. The average molecular weight is 508 g/mol. The first-order valence-electron chi connectivity index (χ1n) is 11.7. The van der Waals surface area contributed by atoms with Crippen molar-refractivity contribution < 1.29 is 14.2 Å². The number of nitrogens with zero attached hydrogens (tertiary/aromatic N) is 7. The Morgan fingerprint density at radius 3 is 2.37 bits per heavy atom. The zero-order valence-corrected chi connectivity index (χ0v) is 21.4. The zero-order chi connectivity index (χ0) is 26.5. The van der Waals surface area contributed by atoms with E-state index in [4.69, 9.17) is 19.2 Å². The SMILES string of the molecule is COc1cc(OC)cc(N(CC#Cc2cc(OC)ncn2)c2ccc3ncc(-c4cnn(C)c4)nc3c2)c1. The number of hydrogen-bond acceptors (Lipinski definition) is 9. The van der Waals surface area contributed by atoms with Gasteiger partial charge in [-0.05, 0) is 24.1 Å². The van der Waals surface area contributed by atoms with Crippen LogP contribution in [-0.4, -0.2) is 57.6 Å². The van der Waals surface area contributed by atoms with Gasteiger partial charge < -0.3 is 19.1 Å². The van der Waals surface area contributed by atoms with Gasteiger partial charge in [-0.25, -0.2) is 15.0 Å². The average Bonchev–Trinajstić information content (AvgIpc) is 3.40. The van der Waals surface area contributed by atoms with Crippen molar-refractivity contribution in [3.63, 3.8) is 0 Å². The van der Waals surface area contributed by atoms with Crippen LogP contribution in [0.3, 0.4) is 0 Å². The van der Waals surface area contributed by atoms with Gasteiger partial charge in [-0.15, -0.1) is 0 Å². The molecule has 0 unspecified atom stereocenters. The summed E-state index contributed by atoms with van der Waals surface area (Å²) in [4.78, 5) is 19.8. The van der Waals surface area contributed by atoms with E-state index in [9.17, 15) is 0 Å². The monoisotopic (exact) mass is 507 g/mol. The fourth-order valence-electron chi connectivity index (χ4n) is 3.87. The standard InChI is InChI=1S/C28H25N7O3/c1-34-17-19(15-32-34)27-16-29-25-8-7-21(13-26(25)33-27)35(22-11-23(36-2)14-24(12-22)37-3)9-5-6-20-10-28(38-4)31-18-30-20/h7-8,10-18H,9H2,1-4H3. The van der Waals surface area contributed by atoms with Gasteiger partial charge in [-0.2, -0.15) is 5.10 Å². The van der Waals surface area contributed by atoms with Crippen molar-refractivity contribution in [1.29, 1.82) is 0 Å². The molecule has 10 nitrogen and oxygen atoms in total. The highest BCUT2D eigenvalue weighted by Crippen LogP contribution is 2.34. The minimum atomic E-state index is 0.351. The second-order valence-electron chi connectivity index (χ2n) is 8.24. The van der Waals surface area contributed by atoms with Crippen molar-refractivity contribution in [3.05, 3.63) is 73.1 Å². The smallest absolute Gasteiger partial charge is 0.217 e. The Morgan fingerprint density at radius 2 is 1.66 bits per heavy atom. The van der Waals surface area contributed by atoms with Crippen LogP contribution < -0.4 is 19.1 Å². The van der Waals surface area contributed by atoms with Gasteiger partial charge in [0, 0.05) is 54.4 Å². The van der Waals surface area contributed by atoms with Crippen molar-refractivity contribution in [2.45, 2.75) is 0 Å². The molecule has 3 heterocycles. The predicted octanol–water partition coefficient (Wildman–Crippen LogP) is 4.04. The molecular formula is C28H25N7O3. The van der Waals surface area contributed by atoms with Gasteiger partial charge in [0.2, 0.25) is 5.88 Å². The molecule has 0 aliphatic heterocycles. The van der Waals surface area contributed by atoms with Crippen LogP contribution in [0.5, 0.6) is 17.4 Å². The highest BCUT2D eigenvalue weighted by atomic mass is 16.5.